The Kier molecular flexibility index (Phi) is 5.03. The molecule has 1 aliphatic rings. The Labute approximate surface area is 145 Å². The van der Waals surface area contributed by atoms with Crippen LogP contribution in [0.5, 0.6) is 0 Å². The van der Waals surface area contributed by atoms with Gasteiger partial charge in [-0.25, -0.2) is 8.42 Å². The van der Waals surface area contributed by atoms with Crippen LogP contribution in [-0.4, -0.2) is 39.3 Å². The molecular weight excluding hydrogens is 346 g/mol. The Hall–Kier alpha value is -1.70. The van der Waals surface area contributed by atoms with Crippen LogP contribution in [-0.2, 0) is 14.6 Å². The summed E-state index contributed by atoms with van der Waals surface area (Å²) < 4.78 is 29.5. The van der Waals surface area contributed by atoms with E-state index in [1.165, 1.54) is 11.3 Å². The van der Waals surface area contributed by atoms with Gasteiger partial charge in [0.25, 0.3) is 5.91 Å². The van der Waals surface area contributed by atoms with E-state index in [9.17, 15) is 13.2 Å². The molecule has 1 N–H and O–H groups in total. The van der Waals surface area contributed by atoms with Crippen molar-refractivity contribution in [1.29, 1.82) is 0 Å². The zero-order valence-electron chi connectivity index (χ0n) is 13.3. The highest BCUT2D eigenvalue weighted by Gasteiger charge is 2.19. The number of rotatable bonds is 5. The molecule has 0 spiro atoms. The number of carbonyl (C=O) groups excluding carboxylic acids is 1. The van der Waals surface area contributed by atoms with Crippen LogP contribution in [0.3, 0.4) is 0 Å². The number of hydrogen-bond donors (Lipinski definition) is 1. The molecule has 3 rings (SSSR count). The van der Waals surface area contributed by atoms with E-state index in [-0.39, 0.29) is 17.7 Å². The van der Waals surface area contributed by atoms with Crippen LogP contribution in [0.2, 0.25) is 0 Å². The van der Waals surface area contributed by atoms with Gasteiger partial charge in [-0.1, -0.05) is 19.1 Å². The molecule has 7 heteroatoms. The third-order valence-corrected chi connectivity index (χ3v) is 7.39. The molecule has 1 aromatic carbocycles. The lowest BCUT2D eigenvalue weighted by atomic mass is 10.1. The number of nitrogens with one attached hydrogen (secondary N) is 1. The Balaban J connectivity index is 1.81. The van der Waals surface area contributed by atoms with E-state index in [0.29, 0.717) is 23.0 Å². The molecule has 0 aliphatic carbocycles. The van der Waals surface area contributed by atoms with Crippen LogP contribution in [0, 0.1) is 0 Å². The van der Waals surface area contributed by atoms with Gasteiger partial charge in [0, 0.05) is 17.0 Å². The van der Waals surface area contributed by atoms with Crippen molar-refractivity contribution in [2.45, 2.75) is 23.6 Å². The fourth-order valence-corrected chi connectivity index (χ4v) is 4.94. The summed E-state index contributed by atoms with van der Waals surface area (Å²) in [6, 6.07) is 10.7. The predicted molar refractivity (Wildman–Crippen MR) is 94.2 cm³/mol. The smallest absolute Gasteiger partial charge is 0.251 e. The topological polar surface area (TPSA) is 72.5 Å². The van der Waals surface area contributed by atoms with Gasteiger partial charge in [0.1, 0.15) is 4.21 Å². The third-order valence-electron chi connectivity index (χ3n) is 3.94. The van der Waals surface area contributed by atoms with Crippen LogP contribution in [0.4, 0.5) is 0 Å². The van der Waals surface area contributed by atoms with Gasteiger partial charge in [0.2, 0.25) is 0 Å². The molecule has 2 heterocycles. The molecule has 0 unspecified atom stereocenters. The molecule has 2 aromatic rings. The summed E-state index contributed by atoms with van der Waals surface area (Å²) in [5, 5.41) is 2.96. The van der Waals surface area contributed by atoms with Crippen molar-refractivity contribution in [1.82, 2.24) is 5.32 Å². The molecule has 24 heavy (non-hydrogen) atoms. The zero-order valence-corrected chi connectivity index (χ0v) is 15.0. The van der Waals surface area contributed by atoms with Crippen molar-refractivity contribution in [2.24, 2.45) is 0 Å². The second-order valence-electron chi connectivity index (χ2n) is 5.64. The number of ether oxygens (including phenoxy) is 1. The fourth-order valence-electron chi connectivity index (χ4n) is 2.52. The minimum absolute atomic E-state index is 0.0594. The van der Waals surface area contributed by atoms with E-state index in [1.54, 1.807) is 31.2 Å². The zero-order chi connectivity index (χ0) is 17.2. The first-order valence-electron chi connectivity index (χ1n) is 7.81. The molecule has 1 saturated heterocycles. The molecule has 5 nitrogen and oxygen atoms in total. The molecule has 0 radical (unpaired) electrons. The first-order valence-corrected chi connectivity index (χ1v) is 10.3. The molecule has 1 atom stereocenters. The normalized spacial score (nSPS) is 17.8. The number of benzene rings is 1. The average Bonchev–Trinajstić information content (AvgIpc) is 3.27. The standard InChI is InChI=1S/C17H19NO4S2/c1-2-24(20,21)16-7-6-15(23-16)12-4-3-5-13(10-12)17(19)18-14-8-9-22-11-14/h3-7,10,14H,2,8-9,11H2,1H3,(H,18,19)/t14-/m1/s1. The van der Waals surface area contributed by atoms with Gasteiger partial charge < -0.3 is 10.1 Å². The number of sulfone groups is 1. The third kappa shape index (κ3) is 3.68. The van der Waals surface area contributed by atoms with Crippen molar-refractivity contribution in [3.63, 3.8) is 0 Å². The summed E-state index contributed by atoms with van der Waals surface area (Å²) in [4.78, 5) is 13.2. The number of carbonyl (C=O) groups is 1. The van der Waals surface area contributed by atoms with E-state index in [1.807, 2.05) is 12.1 Å². The van der Waals surface area contributed by atoms with Crippen molar-refractivity contribution in [2.75, 3.05) is 19.0 Å². The van der Waals surface area contributed by atoms with Crippen LogP contribution >= 0.6 is 11.3 Å². The predicted octanol–water partition coefficient (Wildman–Crippen LogP) is 2.73. The van der Waals surface area contributed by atoms with Gasteiger partial charge >= 0.3 is 0 Å². The van der Waals surface area contributed by atoms with E-state index in [2.05, 4.69) is 5.32 Å². The van der Waals surface area contributed by atoms with Crippen LogP contribution < -0.4 is 5.32 Å². The van der Waals surface area contributed by atoms with Crippen molar-refractivity contribution < 1.29 is 17.9 Å². The quantitative estimate of drug-likeness (QED) is 0.884. The molecule has 0 saturated carbocycles. The maximum absolute atomic E-state index is 12.3. The number of amides is 1. The molecular formula is C17H19NO4S2. The summed E-state index contributed by atoms with van der Waals surface area (Å²) in [7, 11) is -3.20. The van der Waals surface area contributed by atoms with Crippen molar-refractivity contribution in [3.05, 3.63) is 42.0 Å². The highest BCUT2D eigenvalue weighted by Crippen LogP contribution is 2.31. The minimum Gasteiger partial charge on any atom is -0.379 e. The Morgan fingerprint density at radius 2 is 2.17 bits per heavy atom. The first-order chi connectivity index (χ1) is 11.5. The van der Waals surface area contributed by atoms with Gasteiger partial charge in [0.05, 0.1) is 18.4 Å². The molecule has 1 aromatic heterocycles. The fraction of sp³-hybridized carbons (Fsp3) is 0.353. The van der Waals surface area contributed by atoms with Crippen LogP contribution in [0.25, 0.3) is 10.4 Å². The monoisotopic (exact) mass is 365 g/mol. The summed E-state index contributed by atoms with van der Waals surface area (Å²) in [5.74, 6) is -0.0518. The second-order valence-corrected chi connectivity index (χ2v) is 9.23. The minimum atomic E-state index is -3.20. The average molecular weight is 365 g/mol. The summed E-state index contributed by atoms with van der Waals surface area (Å²) in [6.07, 6.45) is 0.828. The van der Waals surface area contributed by atoms with Gasteiger partial charge in [-0.2, -0.15) is 0 Å². The lowest BCUT2D eigenvalue weighted by Crippen LogP contribution is -2.34. The van der Waals surface area contributed by atoms with Gasteiger partial charge in [-0.05, 0) is 36.2 Å². The highest BCUT2D eigenvalue weighted by molar-refractivity contribution is 7.93. The highest BCUT2D eigenvalue weighted by atomic mass is 32.2. The lowest BCUT2D eigenvalue weighted by Gasteiger charge is -2.11. The van der Waals surface area contributed by atoms with E-state index >= 15 is 0 Å². The van der Waals surface area contributed by atoms with E-state index in [4.69, 9.17) is 4.74 Å². The van der Waals surface area contributed by atoms with E-state index < -0.39 is 9.84 Å². The molecule has 1 fully saturated rings. The maximum Gasteiger partial charge on any atom is 0.251 e. The first kappa shape index (κ1) is 17.1. The van der Waals surface area contributed by atoms with Gasteiger partial charge in [-0.15, -0.1) is 11.3 Å². The SMILES string of the molecule is CCS(=O)(=O)c1ccc(-c2cccc(C(=O)N[C@@H]3CCOC3)c2)s1. The summed E-state index contributed by atoms with van der Waals surface area (Å²) in [5.41, 5.74) is 1.40. The summed E-state index contributed by atoms with van der Waals surface area (Å²) in [6.45, 7) is 2.86. The van der Waals surface area contributed by atoms with Crippen LogP contribution in [0.15, 0.2) is 40.6 Å². The Morgan fingerprint density at radius 1 is 1.33 bits per heavy atom. The molecule has 128 valence electrons. The Morgan fingerprint density at radius 3 is 2.88 bits per heavy atom. The number of thiophene rings is 1. The lowest BCUT2D eigenvalue weighted by molar-refractivity contribution is 0.0930. The second kappa shape index (κ2) is 7.04. The van der Waals surface area contributed by atoms with Crippen LogP contribution in [0.1, 0.15) is 23.7 Å². The van der Waals surface area contributed by atoms with Crippen molar-refractivity contribution >= 4 is 27.1 Å². The molecule has 1 aliphatic heterocycles. The van der Waals surface area contributed by atoms with Gasteiger partial charge in [0.15, 0.2) is 9.84 Å². The maximum atomic E-state index is 12.3. The van der Waals surface area contributed by atoms with E-state index in [0.717, 1.165) is 16.9 Å². The molecule has 0 bridgehead atoms. The molecule has 1 amide bonds. The summed E-state index contributed by atoms with van der Waals surface area (Å²) >= 11 is 1.23. The Bertz CT molecular complexity index is 836. The number of hydrogen-bond acceptors (Lipinski definition) is 5. The largest absolute Gasteiger partial charge is 0.379 e. The van der Waals surface area contributed by atoms with Gasteiger partial charge in [-0.3, -0.25) is 4.79 Å². The van der Waals surface area contributed by atoms with Crippen molar-refractivity contribution in [3.8, 4) is 10.4 Å².